The van der Waals surface area contributed by atoms with Crippen molar-refractivity contribution >= 4 is 58.6 Å². The second-order valence-corrected chi connectivity index (χ2v) is 9.93. The molecule has 0 aliphatic carbocycles. The molecule has 36 heavy (non-hydrogen) atoms. The summed E-state index contributed by atoms with van der Waals surface area (Å²) in [6.07, 6.45) is -4.74. The van der Waals surface area contributed by atoms with Gasteiger partial charge in [-0.15, -0.1) is 0 Å². The van der Waals surface area contributed by atoms with Crippen LogP contribution >= 0.6 is 34.8 Å². The highest BCUT2D eigenvalue weighted by Crippen LogP contribution is 2.32. The van der Waals surface area contributed by atoms with Gasteiger partial charge in [-0.05, 0) is 24.3 Å². The van der Waals surface area contributed by atoms with Crippen LogP contribution in [0.15, 0.2) is 60.7 Å². The van der Waals surface area contributed by atoms with Gasteiger partial charge in [0.05, 0.1) is 11.1 Å². The molecule has 0 radical (unpaired) electrons. The lowest BCUT2D eigenvalue weighted by Gasteiger charge is -2.40. The molecule has 1 N–H and O–H groups in total. The second kappa shape index (κ2) is 12.4. The van der Waals surface area contributed by atoms with Gasteiger partial charge in [0.2, 0.25) is 12.2 Å². The summed E-state index contributed by atoms with van der Waals surface area (Å²) in [4.78, 5) is 36.8. The summed E-state index contributed by atoms with van der Waals surface area (Å²) >= 11 is 17.2. The second-order valence-electron chi connectivity index (χ2n) is 7.65. The first-order valence-corrected chi connectivity index (χ1v) is 11.8. The maximum absolute atomic E-state index is 12.7. The predicted octanol–water partition coefficient (Wildman–Crippen LogP) is 4.48. The molecule has 1 fully saturated rings. The molecular formula is C24H22Cl3NO8. The van der Waals surface area contributed by atoms with Gasteiger partial charge in [-0.3, -0.25) is 10.2 Å². The van der Waals surface area contributed by atoms with Gasteiger partial charge in [0.1, 0.15) is 18.8 Å². The Bertz CT molecular complexity index is 1080. The van der Waals surface area contributed by atoms with Crippen molar-refractivity contribution in [1.29, 1.82) is 5.41 Å². The van der Waals surface area contributed by atoms with Gasteiger partial charge < -0.3 is 23.7 Å². The normalized spacial score (nSPS) is 21.7. The number of carbonyl (C=O) groups is 3. The molecule has 192 valence electrons. The van der Waals surface area contributed by atoms with E-state index in [0.717, 1.165) is 0 Å². The molecule has 1 heterocycles. The monoisotopic (exact) mass is 557 g/mol. The van der Waals surface area contributed by atoms with E-state index in [2.05, 4.69) is 0 Å². The number of nitrogens with one attached hydrogen (secondary N) is 1. The van der Waals surface area contributed by atoms with Crippen molar-refractivity contribution in [3.8, 4) is 0 Å². The summed E-state index contributed by atoms with van der Waals surface area (Å²) < 4.78 is 25.2. The van der Waals surface area contributed by atoms with Gasteiger partial charge in [-0.2, -0.15) is 0 Å². The van der Waals surface area contributed by atoms with Gasteiger partial charge in [-0.1, -0.05) is 71.2 Å². The highest BCUT2D eigenvalue weighted by Gasteiger charge is 2.46. The Kier molecular flexibility index (Phi) is 9.56. The highest BCUT2D eigenvalue weighted by atomic mass is 35.6. The number of benzene rings is 2. The average molecular weight is 559 g/mol. The number of halogens is 3. The fourth-order valence-corrected chi connectivity index (χ4v) is 3.44. The summed E-state index contributed by atoms with van der Waals surface area (Å²) in [6, 6.07) is 16.4. The largest absolute Gasteiger partial charge is 0.459 e. The average Bonchev–Trinajstić information content (AvgIpc) is 2.84. The van der Waals surface area contributed by atoms with Crippen LogP contribution in [0.4, 0.5) is 0 Å². The SMILES string of the molecule is CC(=O)O[C@@H]1C[C@@H](OC(=O)c2ccccc2)[C@@H](OC(=N)C(Cl)(Cl)Cl)O[C@@H]1COC(=O)c1ccccc1. The molecule has 9 nitrogen and oxygen atoms in total. The zero-order valence-corrected chi connectivity index (χ0v) is 21.2. The molecule has 1 aliphatic rings. The number of hydrogen-bond acceptors (Lipinski definition) is 9. The summed E-state index contributed by atoms with van der Waals surface area (Å²) in [6.45, 7) is 0.852. The Morgan fingerprint density at radius 1 is 0.889 bits per heavy atom. The van der Waals surface area contributed by atoms with Gasteiger partial charge in [0, 0.05) is 13.3 Å². The summed E-state index contributed by atoms with van der Waals surface area (Å²) in [5, 5.41) is 7.92. The van der Waals surface area contributed by atoms with Crippen molar-refractivity contribution in [3.05, 3.63) is 71.8 Å². The molecule has 1 aliphatic heterocycles. The van der Waals surface area contributed by atoms with Crippen molar-refractivity contribution in [3.63, 3.8) is 0 Å². The number of alkyl halides is 3. The fourth-order valence-electron chi connectivity index (χ4n) is 3.31. The van der Waals surface area contributed by atoms with E-state index in [1.54, 1.807) is 60.7 Å². The van der Waals surface area contributed by atoms with Crippen LogP contribution in [-0.4, -0.2) is 58.8 Å². The van der Waals surface area contributed by atoms with Crippen molar-refractivity contribution in [2.24, 2.45) is 0 Å². The zero-order valence-electron chi connectivity index (χ0n) is 18.9. The first-order chi connectivity index (χ1) is 17.0. The summed E-state index contributed by atoms with van der Waals surface area (Å²) in [5.41, 5.74) is 0.549. The number of ether oxygens (including phenoxy) is 5. The van der Waals surface area contributed by atoms with Crippen LogP contribution in [0.1, 0.15) is 34.1 Å². The molecule has 0 bridgehead atoms. The van der Waals surface area contributed by atoms with E-state index in [9.17, 15) is 14.4 Å². The van der Waals surface area contributed by atoms with Crippen molar-refractivity contribution in [2.45, 2.75) is 41.7 Å². The van der Waals surface area contributed by atoms with Gasteiger partial charge in [-0.25, -0.2) is 9.59 Å². The van der Waals surface area contributed by atoms with Crippen molar-refractivity contribution < 1.29 is 38.1 Å². The molecule has 12 heteroatoms. The van der Waals surface area contributed by atoms with Gasteiger partial charge in [0.25, 0.3) is 3.79 Å². The predicted molar refractivity (Wildman–Crippen MR) is 130 cm³/mol. The maximum Gasteiger partial charge on any atom is 0.338 e. The van der Waals surface area contributed by atoms with Crippen LogP contribution < -0.4 is 0 Å². The fraction of sp³-hybridized carbons (Fsp3) is 0.333. The molecular weight excluding hydrogens is 537 g/mol. The lowest BCUT2D eigenvalue weighted by atomic mass is 10.0. The number of carbonyl (C=O) groups excluding carboxylic acids is 3. The minimum Gasteiger partial charge on any atom is -0.459 e. The van der Waals surface area contributed by atoms with E-state index >= 15 is 0 Å². The molecule has 0 saturated carbocycles. The molecule has 0 unspecified atom stereocenters. The first kappa shape index (κ1) is 27.7. The minimum absolute atomic E-state index is 0.108. The van der Waals surface area contributed by atoms with Gasteiger partial charge in [0.15, 0.2) is 6.10 Å². The molecule has 2 aromatic carbocycles. The minimum atomic E-state index is -2.22. The molecule has 4 atom stereocenters. The molecule has 1 saturated heterocycles. The van der Waals surface area contributed by atoms with E-state index in [1.165, 1.54) is 6.92 Å². The third kappa shape index (κ3) is 7.83. The van der Waals surface area contributed by atoms with Crippen LogP contribution in [-0.2, 0) is 28.5 Å². The van der Waals surface area contributed by atoms with Crippen LogP contribution in [0, 0.1) is 5.41 Å². The summed E-state index contributed by atoms with van der Waals surface area (Å²) in [7, 11) is 0. The highest BCUT2D eigenvalue weighted by molar-refractivity contribution is 6.76. The van der Waals surface area contributed by atoms with E-state index in [0.29, 0.717) is 5.56 Å². The maximum atomic E-state index is 12.7. The molecule has 0 spiro atoms. The lowest BCUT2D eigenvalue weighted by Crippen LogP contribution is -2.54. The van der Waals surface area contributed by atoms with Crippen LogP contribution in [0.5, 0.6) is 0 Å². The summed E-state index contributed by atoms with van der Waals surface area (Å²) in [5.74, 6) is -2.77. The smallest absolute Gasteiger partial charge is 0.338 e. The van der Waals surface area contributed by atoms with E-state index in [4.69, 9.17) is 63.9 Å². The Morgan fingerprint density at radius 2 is 1.44 bits per heavy atom. The Labute approximate surface area is 222 Å². The number of rotatable bonds is 7. The third-order valence-electron chi connectivity index (χ3n) is 4.96. The Balaban J connectivity index is 1.80. The quantitative estimate of drug-likeness (QED) is 0.174. The van der Waals surface area contributed by atoms with E-state index in [-0.39, 0.29) is 18.6 Å². The van der Waals surface area contributed by atoms with E-state index < -0.39 is 52.2 Å². The molecule has 0 aromatic heterocycles. The number of hydrogen-bond donors (Lipinski definition) is 1. The van der Waals surface area contributed by atoms with Crippen LogP contribution in [0.25, 0.3) is 0 Å². The van der Waals surface area contributed by atoms with Gasteiger partial charge >= 0.3 is 17.9 Å². The number of esters is 3. The van der Waals surface area contributed by atoms with Crippen LogP contribution in [0.2, 0.25) is 0 Å². The van der Waals surface area contributed by atoms with Crippen molar-refractivity contribution in [2.75, 3.05) is 6.61 Å². The Hall–Kier alpha value is -2.85. The lowest BCUT2D eigenvalue weighted by molar-refractivity contribution is -0.250. The molecule has 2 aromatic rings. The standard InChI is InChI=1S/C24H22Cl3NO8/c1-14(29)33-17-12-18(34-21(31)16-10-6-3-7-11-16)22(36-23(28)24(25,26)27)35-19(17)13-32-20(30)15-8-4-2-5-9-15/h2-11,17-19,22,28H,12-13H2,1H3/t17-,18-,19-,22-/m1/s1. The van der Waals surface area contributed by atoms with Crippen LogP contribution in [0.3, 0.4) is 0 Å². The van der Waals surface area contributed by atoms with Crippen molar-refractivity contribution in [1.82, 2.24) is 0 Å². The Morgan fingerprint density at radius 3 is 1.97 bits per heavy atom. The third-order valence-corrected chi connectivity index (χ3v) is 5.47. The van der Waals surface area contributed by atoms with E-state index in [1.807, 2.05) is 0 Å². The molecule has 0 amide bonds. The first-order valence-electron chi connectivity index (χ1n) is 10.7. The topological polar surface area (TPSA) is 121 Å². The molecule has 3 rings (SSSR count). The zero-order chi connectivity index (χ0) is 26.3.